The van der Waals surface area contributed by atoms with E-state index < -0.39 is 10.1 Å². The second kappa shape index (κ2) is 17.9. The van der Waals surface area contributed by atoms with Gasteiger partial charge in [-0.15, -0.1) is 5.10 Å². The van der Waals surface area contributed by atoms with Crippen molar-refractivity contribution < 1.29 is 32.4 Å². The van der Waals surface area contributed by atoms with Crippen LogP contribution in [0.15, 0.2) is 142 Å². The van der Waals surface area contributed by atoms with Crippen LogP contribution in [-0.4, -0.2) is 30.4 Å². The fourth-order valence-electron chi connectivity index (χ4n) is 4.14. The van der Waals surface area contributed by atoms with Crippen LogP contribution in [0.1, 0.15) is 27.8 Å². The van der Waals surface area contributed by atoms with Crippen molar-refractivity contribution in [1.29, 1.82) is 0 Å². The number of nitrogens with two attached hydrogens (primary N) is 1. The minimum atomic E-state index is -4.02. The average molecular weight is 669 g/mol. The molecule has 5 rings (SSSR count). The minimum absolute atomic E-state index is 0.0666. The van der Waals surface area contributed by atoms with Gasteiger partial charge in [-0.05, 0) is 47.9 Å². The molecule has 48 heavy (non-hydrogen) atoms. The highest BCUT2D eigenvalue weighted by molar-refractivity contribution is 7.85. The van der Waals surface area contributed by atoms with Crippen LogP contribution in [-0.2, 0) is 29.9 Å². The van der Waals surface area contributed by atoms with Gasteiger partial charge in [0.05, 0.1) is 11.1 Å². The largest absolute Gasteiger partial charge is 0.485 e. The van der Waals surface area contributed by atoms with E-state index >= 15 is 0 Å². The maximum absolute atomic E-state index is 10.5. The van der Waals surface area contributed by atoms with E-state index in [0.717, 1.165) is 22.3 Å². The molecule has 0 aliphatic carbocycles. The number of rotatable bonds is 12. The van der Waals surface area contributed by atoms with Gasteiger partial charge in [0, 0.05) is 5.56 Å². The summed E-state index contributed by atoms with van der Waals surface area (Å²) in [6.45, 7) is 2.81. The number of benzene rings is 5. The van der Waals surface area contributed by atoms with E-state index in [1.807, 2.05) is 97.9 Å². The predicted octanol–water partition coefficient (Wildman–Crippen LogP) is 6.29. The van der Waals surface area contributed by atoms with Gasteiger partial charge in [0.1, 0.15) is 19.8 Å². The molecule has 248 valence electrons. The summed E-state index contributed by atoms with van der Waals surface area (Å²) in [5.41, 5.74) is 11.8. The first-order valence-electron chi connectivity index (χ1n) is 14.7. The lowest BCUT2D eigenvalue weighted by Gasteiger charge is -2.19. The molecule has 5 aromatic rings. The van der Waals surface area contributed by atoms with Crippen LogP contribution in [0.4, 0.5) is 0 Å². The van der Waals surface area contributed by atoms with Gasteiger partial charge in [-0.1, -0.05) is 109 Å². The molecule has 0 heterocycles. The third kappa shape index (κ3) is 11.3. The van der Waals surface area contributed by atoms with Crippen molar-refractivity contribution in [2.45, 2.75) is 31.6 Å². The van der Waals surface area contributed by atoms with Gasteiger partial charge in [0.25, 0.3) is 10.1 Å². The monoisotopic (exact) mass is 668 g/mol. The molecule has 5 aromatic carbocycles. The molecule has 0 radical (unpaired) electrons. The van der Waals surface area contributed by atoms with Crippen LogP contribution >= 0.6 is 0 Å². The van der Waals surface area contributed by atoms with Crippen LogP contribution in [0, 0.1) is 6.92 Å². The van der Waals surface area contributed by atoms with Crippen molar-refractivity contribution in [2.75, 3.05) is 0 Å². The summed E-state index contributed by atoms with van der Waals surface area (Å²) in [4.78, 5) is -0.0666. The average Bonchev–Trinajstić information content (AvgIpc) is 3.11. The molecule has 0 bridgehead atoms. The number of hydrogen-bond donors (Lipinski definition) is 4. The van der Waals surface area contributed by atoms with Crippen molar-refractivity contribution in [2.24, 2.45) is 15.9 Å². The van der Waals surface area contributed by atoms with Crippen LogP contribution < -0.4 is 25.4 Å². The van der Waals surface area contributed by atoms with Gasteiger partial charge >= 0.3 is 0 Å². The lowest BCUT2D eigenvalue weighted by Crippen LogP contribution is -2.27. The summed E-state index contributed by atoms with van der Waals surface area (Å²) in [5.74, 6) is 1.17. The summed E-state index contributed by atoms with van der Waals surface area (Å²) in [6.07, 6.45) is 1.47. The SMILES string of the molecule is Cc1ccc(S(=O)(=O)O)cc1.N/C(=N/N=C/c1ccc(OCc2ccccc2)c(OCc2ccccc2)c1OCc1ccccc1)NO. The quantitative estimate of drug-likeness (QED) is 0.0517. The Hall–Kier alpha value is -5.69. The zero-order valence-corrected chi connectivity index (χ0v) is 27.0. The Morgan fingerprint density at radius 3 is 1.67 bits per heavy atom. The molecule has 0 saturated heterocycles. The van der Waals surface area contributed by atoms with E-state index in [0.29, 0.717) is 42.6 Å². The lowest BCUT2D eigenvalue weighted by atomic mass is 10.1. The van der Waals surface area contributed by atoms with E-state index in [4.69, 9.17) is 29.7 Å². The molecular formula is C36H36N4O7S. The highest BCUT2D eigenvalue weighted by Gasteiger charge is 2.18. The second-order valence-corrected chi connectivity index (χ2v) is 11.7. The summed E-state index contributed by atoms with van der Waals surface area (Å²) < 4.78 is 48.3. The molecule has 0 saturated carbocycles. The lowest BCUT2D eigenvalue weighted by molar-refractivity contribution is 0.230. The van der Waals surface area contributed by atoms with Crippen LogP contribution in [0.5, 0.6) is 17.2 Å². The first kappa shape index (κ1) is 35.2. The smallest absolute Gasteiger partial charge is 0.294 e. The van der Waals surface area contributed by atoms with Gasteiger partial charge < -0.3 is 19.9 Å². The molecule has 0 aliphatic rings. The molecule has 11 nitrogen and oxygen atoms in total. The highest BCUT2D eigenvalue weighted by atomic mass is 32.2. The Labute approximate surface area is 279 Å². The third-order valence-electron chi connectivity index (χ3n) is 6.59. The van der Waals surface area contributed by atoms with E-state index in [1.165, 1.54) is 18.3 Å². The molecule has 5 N–H and O–H groups in total. The summed E-state index contributed by atoms with van der Waals surface area (Å²) in [6, 6.07) is 39.1. The van der Waals surface area contributed by atoms with Gasteiger partial charge in [0.15, 0.2) is 11.5 Å². The Kier molecular flexibility index (Phi) is 13.1. The summed E-state index contributed by atoms with van der Waals surface area (Å²) in [5, 5.41) is 16.5. The fourth-order valence-corrected chi connectivity index (χ4v) is 4.62. The normalized spacial score (nSPS) is 11.4. The van der Waals surface area contributed by atoms with Gasteiger partial charge in [-0.25, -0.2) is 5.48 Å². The van der Waals surface area contributed by atoms with E-state index in [1.54, 1.807) is 29.7 Å². The molecule has 0 aromatic heterocycles. The topological polar surface area (TPSA) is 165 Å². The fraction of sp³-hybridized carbons (Fsp3) is 0.111. The number of hydroxylamine groups is 1. The van der Waals surface area contributed by atoms with Gasteiger partial charge in [-0.3, -0.25) is 9.76 Å². The first-order valence-corrected chi connectivity index (χ1v) is 16.1. The maximum atomic E-state index is 10.5. The van der Waals surface area contributed by atoms with Crippen molar-refractivity contribution in [3.63, 3.8) is 0 Å². The number of nitrogens with zero attached hydrogens (tertiary/aromatic N) is 2. The molecular weight excluding hydrogens is 632 g/mol. The molecule has 0 aliphatic heterocycles. The zero-order chi connectivity index (χ0) is 34.2. The Morgan fingerprint density at radius 1 is 0.708 bits per heavy atom. The molecule has 0 unspecified atom stereocenters. The van der Waals surface area contributed by atoms with E-state index in [2.05, 4.69) is 10.2 Å². The third-order valence-corrected chi connectivity index (χ3v) is 7.46. The van der Waals surface area contributed by atoms with E-state index in [-0.39, 0.29) is 10.9 Å². The molecule has 12 heteroatoms. The summed E-state index contributed by atoms with van der Waals surface area (Å²) >= 11 is 0. The number of nitrogens with one attached hydrogen (secondary N) is 1. The number of hydrogen-bond acceptors (Lipinski definition) is 8. The standard InChI is InChI=1S/C29H28N4O4.C7H8O3S/c30-29(33-34)32-31-18-25-16-17-26(35-19-22-10-4-1-5-11-22)28(37-21-24-14-8-3-9-15-24)27(25)36-20-23-12-6-2-7-13-23;1-6-2-4-7(5-3-6)11(8,9)10/h1-18,34H,19-21H2,(H3,30,32,33);2-5H,1H3,(H,8,9,10)/b31-18+;. The molecule has 0 fully saturated rings. The van der Waals surface area contributed by atoms with Gasteiger partial charge in [0.2, 0.25) is 11.7 Å². The first-order chi connectivity index (χ1) is 23.2. The second-order valence-electron chi connectivity index (χ2n) is 10.3. The van der Waals surface area contributed by atoms with Crippen LogP contribution in [0.25, 0.3) is 0 Å². The van der Waals surface area contributed by atoms with Crippen molar-refractivity contribution in [1.82, 2.24) is 5.48 Å². The Morgan fingerprint density at radius 2 is 1.19 bits per heavy atom. The number of ether oxygens (including phenoxy) is 3. The molecule has 0 atom stereocenters. The Bertz CT molecular complexity index is 1890. The highest BCUT2D eigenvalue weighted by Crippen LogP contribution is 2.41. The molecule has 0 amide bonds. The maximum Gasteiger partial charge on any atom is 0.294 e. The van der Waals surface area contributed by atoms with E-state index in [9.17, 15) is 8.42 Å². The van der Waals surface area contributed by atoms with Gasteiger partial charge in [-0.2, -0.15) is 13.5 Å². The van der Waals surface area contributed by atoms with Crippen molar-refractivity contribution >= 4 is 22.3 Å². The van der Waals surface area contributed by atoms with Crippen LogP contribution in [0.2, 0.25) is 0 Å². The number of guanidine groups is 1. The predicted molar refractivity (Wildman–Crippen MR) is 184 cm³/mol. The van der Waals surface area contributed by atoms with Crippen LogP contribution in [0.3, 0.4) is 0 Å². The Balaban J connectivity index is 0.000000401. The summed E-state index contributed by atoms with van der Waals surface area (Å²) in [7, 11) is -4.02. The van der Waals surface area contributed by atoms with Crippen molar-refractivity contribution in [3.8, 4) is 17.2 Å². The van der Waals surface area contributed by atoms with Crippen molar-refractivity contribution in [3.05, 3.63) is 155 Å². The number of aryl methyl sites for hydroxylation is 1. The minimum Gasteiger partial charge on any atom is -0.485 e. The molecule has 0 spiro atoms. The zero-order valence-electron chi connectivity index (χ0n) is 26.1.